The van der Waals surface area contributed by atoms with Gasteiger partial charge >= 0.3 is 6.18 Å². The minimum absolute atomic E-state index is 0.0598. The Hall–Kier alpha value is -1.81. The Morgan fingerprint density at radius 2 is 2.00 bits per heavy atom. The van der Waals surface area contributed by atoms with E-state index >= 15 is 0 Å². The molecule has 27 heavy (non-hydrogen) atoms. The smallest absolute Gasteiger partial charge is 0.370 e. The number of aromatic nitrogens is 2. The second-order valence-electron chi connectivity index (χ2n) is 6.20. The molecule has 3 rings (SSSR count). The molecule has 2 aromatic rings. The van der Waals surface area contributed by atoms with Gasteiger partial charge in [-0.25, -0.2) is 0 Å². The quantitative estimate of drug-likeness (QED) is 0.723. The summed E-state index contributed by atoms with van der Waals surface area (Å²) < 4.78 is 40.0. The van der Waals surface area contributed by atoms with Crippen LogP contribution in [0.4, 0.5) is 24.5 Å². The third-order valence-corrected chi connectivity index (χ3v) is 6.10. The second-order valence-corrected chi connectivity index (χ2v) is 8.61. The van der Waals surface area contributed by atoms with E-state index in [-0.39, 0.29) is 17.3 Å². The van der Waals surface area contributed by atoms with Crippen LogP contribution in [0.15, 0.2) is 22.5 Å². The van der Waals surface area contributed by atoms with Gasteiger partial charge in [0.05, 0.1) is 22.7 Å². The van der Waals surface area contributed by atoms with Gasteiger partial charge in [0.2, 0.25) is 5.91 Å². The van der Waals surface area contributed by atoms with E-state index in [2.05, 4.69) is 15.5 Å². The van der Waals surface area contributed by atoms with Crippen molar-refractivity contribution in [1.82, 2.24) is 10.2 Å². The molecule has 0 unspecified atom stereocenters. The first-order valence-electron chi connectivity index (χ1n) is 8.52. The molecule has 1 fully saturated rings. The third kappa shape index (κ3) is 5.35. The number of amides is 1. The lowest BCUT2D eigenvalue weighted by atomic mass is 10.1. The van der Waals surface area contributed by atoms with Gasteiger partial charge in [-0.2, -0.15) is 13.2 Å². The molecule has 1 aromatic carbocycles. The number of hydrogen-bond donors (Lipinski definition) is 1. The Labute approximate surface area is 163 Å². The van der Waals surface area contributed by atoms with Crippen LogP contribution in [-0.4, -0.2) is 34.9 Å². The van der Waals surface area contributed by atoms with E-state index in [0.29, 0.717) is 10.0 Å². The highest BCUT2D eigenvalue weighted by molar-refractivity contribution is 8.01. The van der Waals surface area contributed by atoms with Crippen LogP contribution in [0.1, 0.15) is 29.8 Å². The maximum atomic E-state index is 13.1. The fourth-order valence-electron chi connectivity index (χ4n) is 2.87. The Bertz CT molecular complexity index is 804. The van der Waals surface area contributed by atoms with Crippen molar-refractivity contribution in [1.29, 1.82) is 0 Å². The highest BCUT2D eigenvalue weighted by Gasteiger charge is 2.31. The van der Waals surface area contributed by atoms with Crippen molar-refractivity contribution in [2.75, 3.05) is 29.1 Å². The lowest BCUT2D eigenvalue weighted by Crippen LogP contribution is -2.30. The molecule has 0 atom stereocenters. The van der Waals surface area contributed by atoms with Crippen molar-refractivity contribution in [2.45, 2.75) is 36.7 Å². The molecule has 0 spiro atoms. The van der Waals surface area contributed by atoms with Crippen LogP contribution >= 0.6 is 23.1 Å². The summed E-state index contributed by atoms with van der Waals surface area (Å²) in [5.74, 6) is -0.310. The van der Waals surface area contributed by atoms with Crippen molar-refractivity contribution >= 4 is 40.4 Å². The molecule has 0 saturated carbocycles. The Morgan fingerprint density at radius 3 is 2.63 bits per heavy atom. The van der Waals surface area contributed by atoms with Crippen LogP contribution in [-0.2, 0) is 11.0 Å². The summed E-state index contributed by atoms with van der Waals surface area (Å²) in [7, 11) is 0. The van der Waals surface area contributed by atoms with Crippen LogP contribution in [0.2, 0.25) is 0 Å². The van der Waals surface area contributed by atoms with E-state index in [1.165, 1.54) is 29.2 Å². The van der Waals surface area contributed by atoms with Gasteiger partial charge in [0.1, 0.15) is 5.01 Å². The fraction of sp³-hybridized carbons (Fsp3) is 0.471. The first-order chi connectivity index (χ1) is 12.8. The average Bonchev–Trinajstić information content (AvgIpc) is 3.05. The van der Waals surface area contributed by atoms with Crippen LogP contribution in [0.25, 0.3) is 0 Å². The van der Waals surface area contributed by atoms with Crippen LogP contribution in [0, 0.1) is 6.92 Å². The molecule has 1 saturated heterocycles. The largest absolute Gasteiger partial charge is 0.416 e. The molecule has 1 amide bonds. The van der Waals surface area contributed by atoms with Gasteiger partial charge < -0.3 is 10.2 Å². The Kier molecular flexibility index (Phi) is 6.25. The van der Waals surface area contributed by atoms with Crippen molar-refractivity contribution in [3.05, 3.63) is 28.8 Å². The number of carbonyl (C=O) groups excluding carboxylic acids is 1. The molecule has 5 nitrogen and oxygen atoms in total. The molecule has 1 aliphatic rings. The second kappa shape index (κ2) is 8.47. The van der Waals surface area contributed by atoms with Crippen molar-refractivity contribution in [3.8, 4) is 0 Å². The van der Waals surface area contributed by atoms with E-state index in [4.69, 9.17) is 0 Å². The third-order valence-electron chi connectivity index (χ3n) is 4.13. The lowest BCUT2D eigenvalue weighted by Gasteiger charge is -2.31. The average molecular weight is 416 g/mol. The molecule has 1 aliphatic heterocycles. The number of alkyl halides is 3. The summed E-state index contributed by atoms with van der Waals surface area (Å²) in [5.41, 5.74) is 0.0598. The van der Waals surface area contributed by atoms with E-state index < -0.39 is 11.7 Å². The molecule has 0 radical (unpaired) electrons. The summed E-state index contributed by atoms with van der Waals surface area (Å²) in [4.78, 5) is 14.3. The van der Waals surface area contributed by atoms with E-state index in [1.807, 2.05) is 11.8 Å². The van der Waals surface area contributed by atoms with Crippen molar-refractivity contribution in [2.24, 2.45) is 0 Å². The van der Waals surface area contributed by atoms with Crippen LogP contribution < -0.4 is 10.2 Å². The van der Waals surface area contributed by atoms with E-state index in [1.54, 1.807) is 0 Å². The number of anilines is 2. The molecule has 10 heteroatoms. The number of carbonyl (C=O) groups is 1. The number of aryl methyl sites for hydroxylation is 1. The molecular weight excluding hydrogens is 397 g/mol. The summed E-state index contributed by atoms with van der Waals surface area (Å²) >= 11 is 2.59. The molecule has 0 bridgehead atoms. The van der Waals surface area contributed by atoms with Gasteiger partial charge in [0, 0.05) is 13.1 Å². The zero-order valence-corrected chi connectivity index (χ0v) is 16.3. The number of benzene rings is 1. The normalized spacial score (nSPS) is 15.0. The summed E-state index contributed by atoms with van der Waals surface area (Å²) in [6.45, 7) is 3.36. The molecule has 0 aliphatic carbocycles. The van der Waals surface area contributed by atoms with Crippen molar-refractivity contribution in [3.63, 3.8) is 0 Å². The molecule has 146 valence electrons. The van der Waals surface area contributed by atoms with E-state index in [0.717, 1.165) is 49.5 Å². The summed E-state index contributed by atoms with van der Waals surface area (Å²) in [6.07, 6.45) is -1.38. The lowest BCUT2D eigenvalue weighted by molar-refractivity contribution is -0.137. The zero-order chi connectivity index (χ0) is 19.4. The number of nitrogens with zero attached hydrogens (tertiary/aromatic N) is 3. The number of thioether (sulfide) groups is 1. The number of hydrogen-bond acceptors (Lipinski definition) is 6. The summed E-state index contributed by atoms with van der Waals surface area (Å²) in [6, 6.07) is 3.53. The fourth-order valence-corrected chi connectivity index (χ4v) is 4.49. The number of rotatable bonds is 5. The topological polar surface area (TPSA) is 58.1 Å². The highest BCUT2D eigenvalue weighted by atomic mass is 32.2. The number of piperidine rings is 1. The maximum Gasteiger partial charge on any atom is 0.416 e. The maximum absolute atomic E-state index is 13.1. The predicted octanol–water partition coefficient (Wildman–Crippen LogP) is 4.59. The monoisotopic (exact) mass is 416 g/mol. The zero-order valence-electron chi connectivity index (χ0n) is 14.7. The van der Waals surface area contributed by atoms with Gasteiger partial charge in [0.15, 0.2) is 4.34 Å². The number of nitrogens with one attached hydrogen (secondary N) is 1. The van der Waals surface area contributed by atoms with Gasteiger partial charge in [-0.05, 0) is 44.4 Å². The van der Waals surface area contributed by atoms with Gasteiger partial charge in [-0.3, -0.25) is 4.79 Å². The predicted molar refractivity (Wildman–Crippen MR) is 102 cm³/mol. The van der Waals surface area contributed by atoms with Gasteiger partial charge in [-0.15, -0.1) is 10.2 Å². The van der Waals surface area contributed by atoms with Gasteiger partial charge in [-0.1, -0.05) is 23.1 Å². The molecule has 2 heterocycles. The first-order valence-corrected chi connectivity index (χ1v) is 10.3. The van der Waals surface area contributed by atoms with E-state index in [9.17, 15) is 18.0 Å². The highest BCUT2D eigenvalue weighted by Crippen LogP contribution is 2.36. The van der Waals surface area contributed by atoms with Crippen molar-refractivity contribution < 1.29 is 18.0 Å². The van der Waals surface area contributed by atoms with Crippen LogP contribution in [0.3, 0.4) is 0 Å². The Balaban J connectivity index is 1.76. The molecular formula is C17H19F3N4OS2. The molecule has 1 aromatic heterocycles. The van der Waals surface area contributed by atoms with Gasteiger partial charge in [0.25, 0.3) is 0 Å². The number of halogens is 3. The summed E-state index contributed by atoms with van der Waals surface area (Å²) in [5, 5.41) is 11.3. The Morgan fingerprint density at radius 1 is 1.26 bits per heavy atom. The minimum Gasteiger partial charge on any atom is -0.370 e. The molecule has 1 N–H and O–H groups in total. The first kappa shape index (κ1) is 19.9. The minimum atomic E-state index is -4.46. The van der Waals surface area contributed by atoms with Crippen LogP contribution in [0.5, 0.6) is 0 Å². The standard InChI is InChI=1S/C17H19F3N4OS2/c1-11-22-23-16(27-11)26-10-15(25)21-13-9-12(17(18,19)20)5-6-14(13)24-7-3-2-4-8-24/h5-6,9H,2-4,7-8,10H2,1H3,(H,21,25). The SMILES string of the molecule is Cc1nnc(SCC(=O)Nc2cc(C(F)(F)F)ccc2N2CCCCC2)s1.